The first kappa shape index (κ1) is 33.9. The summed E-state index contributed by atoms with van der Waals surface area (Å²) in [4.78, 5) is 49.4. The van der Waals surface area contributed by atoms with Crippen molar-refractivity contribution >= 4 is 24.1 Å². The molecule has 0 amide bonds. The van der Waals surface area contributed by atoms with Crippen LogP contribution in [-0.2, 0) is 35.0 Å². The van der Waals surface area contributed by atoms with Crippen LogP contribution in [0.15, 0.2) is 18.2 Å². The summed E-state index contributed by atoms with van der Waals surface area (Å²) in [5.41, 5.74) is 6.63. The fourth-order valence-electron chi connectivity index (χ4n) is 2.91. The summed E-state index contributed by atoms with van der Waals surface area (Å²) in [6, 6.07) is 3.63. The summed E-state index contributed by atoms with van der Waals surface area (Å²) < 4.78 is 26.3. The zero-order valence-corrected chi connectivity index (χ0v) is 24.6. The van der Waals surface area contributed by atoms with Gasteiger partial charge in [0, 0.05) is 0 Å². The fourth-order valence-corrected chi connectivity index (χ4v) is 2.91. The monoisotopic (exact) mass is 551 g/mol. The highest BCUT2D eigenvalue weighted by atomic mass is 16.7. The van der Waals surface area contributed by atoms with Crippen LogP contribution in [-0.4, -0.2) is 49.4 Å². The molecular formula is C29H45NO9. The lowest BCUT2D eigenvalue weighted by Gasteiger charge is -2.20. The van der Waals surface area contributed by atoms with Crippen molar-refractivity contribution < 1.29 is 42.9 Å². The van der Waals surface area contributed by atoms with Crippen molar-refractivity contribution in [3.63, 3.8) is 0 Å². The van der Waals surface area contributed by atoms with Gasteiger partial charge in [0.15, 0.2) is 11.5 Å². The summed E-state index contributed by atoms with van der Waals surface area (Å²) in [7, 11) is 0. The number of hydrogen-bond donors (Lipinski definition) is 1. The average Bonchev–Trinajstić information content (AvgIpc) is 2.86. The zero-order chi connectivity index (χ0) is 29.9. The molecule has 1 aromatic carbocycles. The fraction of sp³-hybridized carbons (Fsp3) is 0.655. The van der Waals surface area contributed by atoms with Gasteiger partial charge in [-0.2, -0.15) is 0 Å². The summed E-state index contributed by atoms with van der Waals surface area (Å²) >= 11 is 0. The van der Waals surface area contributed by atoms with Crippen LogP contribution in [0.5, 0.6) is 11.5 Å². The number of rotatable bonds is 14. The zero-order valence-electron chi connectivity index (χ0n) is 24.6. The Hall–Kier alpha value is -3.14. The van der Waals surface area contributed by atoms with Gasteiger partial charge in [-0.15, -0.1) is 0 Å². The molecule has 220 valence electrons. The third-order valence-corrected chi connectivity index (χ3v) is 6.22. The summed E-state index contributed by atoms with van der Waals surface area (Å²) in [5, 5.41) is 0. The third-order valence-electron chi connectivity index (χ3n) is 6.22. The highest BCUT2D eigenvalue weighted by molar-refractivity contribution is 5.79. The summed E-state index contributed by atoms with van der Waals surface area (Å²) in [6.07, 6.45) is -1.52. The van der Waals surface area contributed by atoms with Crippen molar-refractivity contribution in [1.82, 2.24) is 0 Å². The number of ether oxygens (including phenoxy) is 5. The van der Waals surface area contributed by atoms with E-state index in [9.17, 15) is 19.2 Å². The molecule has 2 unspecified atom stereocenters. The van der Waals surface area contributed by atoms with E-state index in [0.717, 1.165) is 0 Å². The molecule has 0 fully saturated rings. The van der Waals surface area contributed by atoms with Crippen LogP contribution in [0.1, 0.15) is 67.9 Å². The van der Waals surface area contributed by atoms with E-state index in [-0.39, 0.29) is 54.8 Å². The Bertz CT molecular complexity index is 974. The van der Waals surface area contributed by atoms with Crippen LogP contribution in [0.3, 0.4) is 0 Å². The molecule has 0 radical (unpaired) electrons. The van der Waals surface area contributed by atoms with Crippen LogP contribution in [0, 0.1) is 29.6 Å². The molecule has 0 saturated carbocycles. The molecule has 2 N–H and O–H groups in total. The Morgan fingerprint density at radius 2 is 1.23 bits per heavy atom. The minimum atomic E-state index is -1.05. The van der Waals surface area contributed by atoms with Gasteiger partial charge in [0.25, 0.3) is 0 Å². The van der Waals surface area contributed by atoms with E-state index in [1.54, 1.807) is 26.8 Å². The highest BCUT2D eigenvalue weighted by Crippen LogP contribution is 2.31. The van der Waals surface area contributed by atoms with Crippen molar-refractivity contribution in [3.8, 4) is 11.5 Å². The van der Waals surface area contributed by atoms with Gasteiger partial charge in [-0.3, -0.25) is 14.4 Å². The second-order valence-corrected chi connectivity index (χ2v) is 11.0. The lowest BCUT2D eigenvalue weighted by molar-refractivity contribution is -0.152. The molecule has 10 nitrogen and oxygen atoms in total. The number of carbonyl (C=O) groups is 4. The first-order valence-corrected chi connectivity index (χ1v) is 13.4. The topological polar surface area (TPSA) is 140 Å². The average molecular weight is 552 g/mol. The van der Waals surface area contributed by atoms with E-state index >= 15 is 0 Å². The van der Waals surface area contributed by atoms with E-state index in [4.69, 9.17) is 29.4 Å². The Balaban J connectivity index is 2.93. The van der Waals surface area contributed by atoms with Gasteiger partial charge in [-0.25, -0.2) is 4.79 Å². The Kier molecular flexibility index (Phi) is 14.0. The second-order valence-electron chi connectivity index (χ2n) is 11.0. The molecule has 0 aliphatic carbocycles. The highest BCUT2D eigenvalue weighted by Gasteiger charge is 2.25. The van der Waals surface area contributed by atoms with E-state index < -0.39 is 42.1 Å². The Labute approximate surface area is 231 Å². The van der Waals surface area contributed by atoms with Crippen molar-refractivity contribution in [2.24, 2.45) is 35.3 Å². The number of esters is 3. The van der Waals surface area contributed by atoms with Crippen molar-refractivity contribution in [2.45, 2.75) is 80.9 Å². The van der Waals surface area contributed by atoms with Crippen molar-refractivity contribution in [1.29, 1.82) is 0 Å². The number of nitrogens with two attached hydrogens (primary N) is 1. The van der Waals surface area contributed by atoms with Gasteiger partial charge < -0.3 is 29.4 Å². The lowest BCUT2D eigenvalue weighted by Crippen LogP contribution is -2.37. The van der Waals surface area contributed by atoms with Crippen LogP contribution in [0.4, 0.5) is 4.79 Å². The van der Waals surface area contributed by atoms with Crippen LogP contribution in [0.2, 0.25) is 0 Å². The molecule has 39 heavy (non-hydrogen) atoms. The molecule has 0 aliphatic rings. The van der Waals surface area contributed by atoms with Gasteiger partial charge in [0.2, 0.25) is 0 Å². The molecule has 0 aliphatic heterocycles. The molecule has 1 rings (SSSR count). The predicted octanol–water partition coefficient (Wildman–Crippen LogP) is 4.69. The number of hydrogen-bond acceptors (Lipinski definition) is 10. The third kappa shape index (κ3) is 12.1. The Morgan fingerprint density at radius 3 is 1.74 bits per heavy atom. The number of carbonyl (C=O) groups excluding carboxylic acids is 4. The first-order chi connectivity index (χ1) is 18.1. The predicted molar refractivity (Wildman–Crippen MR) is 145 cm³/mol. The first-order valence-electron chi connectivity index (χ1n) is 13.4. The maximum absolute atomic E-state index is 12.7. The van der Waals surface area contributed by atoms with E-state index in [1.165, 1.54) is 12.1 Å². The van der Waals surface area contributed by atoms with E-state index in [0.29, 0.717) is 5.56 Å². The van der Waals surface area contributed by atoms with Gasteiger partial charge in [-0.1, -0.05) is 61.5 Å². The minimum Gasteiger partial charge on any atom is -0.458 e. The normalized spacial score (nSPS) is 14.4. The number of benzene rings is 1. The molecule has 10 heteroatoms. The van der Waals surface area contributed by atoms with Crippen LogP contribution in [0.25, 0.3) is 0 Å². The summed E-state index contributed by atoms with van der Waals surface area (Å²) in [6.45, 7) is 16.5. The SMILES string of the molecule is CC(C)COC(=O)OC[C@H](C)OC(=O)[C@@H](N)Cc1ccc(OC(=O)C(C)C(C)C)c(OC(=O)C(C)C(C)C)c1. The van der Waals surface area contributed by atoms with Crippen LogP contribution < -0.4 is 15.2 Å². The van der Waals surface area contributed by atoms with Crippen molar-refractivity contribution in [2.75, 3.05) is 13.2 Å². The lowest BCUT2D eigenvalue weighted by atomic mass is 9.98. The van der Waals surface area contributed by atoms with E-state index in [1.807, 2.05) is 41.5 Å². The molecule has 4 atom stereocenters. The molecular weight excluding hydrogens is 506 g/mol. The maximum Gasteiger partial charge on any atom is 0.508 e. The largest absolute Gasteiger partial charge is 0.508 e. The standard InChI is InChI=1S/C29H45NO9/c1-16(2)14-35-29(34)36-15-19(7)37-28(33)23(30)12-22-10-11-24(38-26(31)20(8)17(3)4)25(13-22)39-27(32)21(9)18(5)6/h10-11,13,16-21,23H,12,14-15,30H2,1-9H3/t19-,20?,21?,23-/m0/s1. The smallest absolute Gasteiger partial charge is 0.458 e. The molecule has 1 aromatic rings. The molecule has 0 bridgehead atoms. The van der Waals surface area contributed by atoms with Crippen molar-refractivity contribution in [3.05, 3.63) is 23.8 Å². The van der Waals surface area contributed by atoms with Gasteiger partial charge in [0.1, 0.15) is 18.8 Å². The maximum atomic E-state index is 12.7. The van der Waals surface area contributed by atoms with Crippen LogP contribution >= 0.6 is 0 Å². The van der Waals surface area contributed by atoms with Gasteiger partial charge in [0.05, 0.1) is 18.4 Å². The molecule has 0 saturated heterocycles. The van der Waals surface area contributed by atoms with E-state index in [2.05, 4.69) is 0 Å². The molecule has 0 heterocycles. The minimum absolute atomic E-state index is 0.0406. The Morgan fingerprint density at radius 1 is 0.718 bits per heavy atom. The molecule has 0 aromatic heterocycles. The molecule has 0 spiro atoms. The quantitative estimate of drug-likeness (QED) is 0.256. The summed E-state index contributed by atoms with van der Waals surface area (Å²) in [5.74, 6) is -1.94. The second kappa shape index (κ2) is 16.1. The van der Waals surface area contributed by atoms with Gasteiger partial charge in [-0.05, 0) is 48.8 Å². The van der Waals surface area contributed by atoms with Gasteiger partial charge >= 0.3 is 24.1 Å².